The van der Waals surface area contributed by atoms with E-state index in [1.807, 2.05) is 0 Å². The Morgan fingerprint density at radius 3 is 2.76 bits per heavy atom. The highest BCUT2D eigenvalue weighted by Crippen LogP contribution is 2.22. The molecule has 6 nitrogen and oxygen atoms in total. The zero-order valence-electron chi connectivity index (χ0n) is 9.27. The number of anilines is 1. The second kappa shape index (κ2) is 5.24. The first-order valence-corrected chi connectivity index (χ1v) is 4.74. The fraction of sp³-hybridized carbons (Fsp3) is 0.300. The van der Waals surface area contributed by atoms with Crippen LogP contribution in [-0.2, 0) is 9.53 Å². The van der Waals surface area contributed by atoms with Gasteiger partial charge in [0.25, 0.3) is 0 Å². The molecule has 1 aromatic carbocycles. The van der Waals surface area contributed by atoms with Crippen LogP contribution in [0.15, 0.2) is 18.2 Å². The Morgan fingerprint density at radius 2 is 2.24 bits per heavy atom. The number of methoxy groups -OCH3 is 1. The van der Waals surface area contributed by atoms with Crippen molar-refractivity contribution < 1.29 is 18.8 Å². The molecule has 0 aliphatic carbocycles. The molecule has 92 valence electrons. The monoisotopic (exact) mass is 242 g/mol. The summed E-state index contributed by atoms with van der Waals surface area (Å²) in [6, 6.07) is 2.62. The Hall–Kier alpha value is -2.18. The smallest absolute Gasteiger partial charge is 0.327 e. The average molecular weight is 242 g/mol. The number of esters is 1. The quantitative estimate of drug-likeness (QED) is 0.493. The molecule has 0 heterocycles. The lowest BCUT2D eigenvalue weighted by Crippen LogP contribution is -2.27. The fourth-order valence-electron chi connectivity index (χ4n) is 1.23. The highest BCUT2D eigenvalue weighted by Gasteiger charge is 2.17. The van der Waals surface area contributed by atoms with Crippen LogP contribution in [0.4, 0.5) is 15.8 Å². The van der Waals surface area contributed by atoms with Crippen molar-refractivity contribution in [2.75, 3.05) is 12.4 Å². The van der Waals surface area contributed by atoms with Crippen molar-refractivity contribution >= 4 is 17.3 Å². The van der Waals surface area contributed by atoms with Crippen LogP contribution in [0.3, 0.4) is 0 Å². The molecule has 17 heavy (non-hydrogen) atoms. The van der Waals surface area contributed by atoms with Gasteiger partial charge in [-0.1, -0.05) is 0 Å². The molecule has 0 saturated heterocycles. The zero-order chi connectivity index (χ0) is 13.0. The number of rotatable bonds is 4. The van der Waals surface area contributed by atoms with Crippen molar-refractivity contribution in [1.82, 2.24) is 0 Å². The highest BCUT2D eigenvalue weighted by molar-refractivity contribution is 5.78. The molecule has 1 N–H and O–H groups in total. The maximum absolute atomic E-state index is 13.0. The summed E-state index contributed by atoms with van der Waals surface area (Å²) in [6.45, 7) is 1.53. The number of nitro groups is 1. The summed E-state index contributed by atoms with van der Waals surface area (Å²) in [5, 5.41) is 13.2. The molecule has 0 aromatic heterocycles. The van der Waals surface area contributed by atoms with Crippen LogP contribution < -0.4 is 5.32 Å². The summed E-state index contributed by atoms with van der Waals surface area (Å²) >= 11 is 0. The number of hydrogen-bond donors (Lipinski definition) is 1. The van der Waals surface area contributed by atoms with E-state index in [2.05, 4.69) is 10.1 Å². The van der Waals surface area contributed by atoms with Crippen LogP contribution in [0.2, 0.25) is 0 Å². The highest BCUT2D eigenvalue weighted by atomic mass is 19.1. The molecule has 1 rings (SSSR count). The minimum Gasteiger partial charge on any atom is -0.467 e. The van der Waals surface area contributed by atoms with Crippen molar-refractivity contribution in [3.05, 3.63) is 34.1 Å². The van der Waals surface area contributed by atoms with Crippen molar-refractivity contribution in [3.8, 4) is 0 Å². The van der Waals surface area contributed by atoms with Gasteiger partial charge in [0.1, 0.15) is 6.04 Å². The third-order valence-corrected chi connectivity index (χ3v) is 2.08. The summed E-state index contributed by atoms with van der Waals surface area (Å²) in [5.41, 5.74) is -0.372. The van der Waals surface area contributed by atoms with E-state index in [4.69, 9.17) is 0 Å². The van der Waals surface area contributed by atoms with E-state index in [1.165, 1.54) is 20.1 Å². The van der Waals surface area contributed by atoms with Gasteiger partial charge in [-0.25, -0.2) is 4.79 Å². The number of hydrogen-bond acceptors (Lipinski definition) is 5. The van der Waals surface area contributed by atoms with Gasteiger partial charge in [-0.15, -0.1) is 0 Å². The van der Waals surface area contributed by atoms with E-state index in [0.717, 1.165) is 12.1 Å². The van der Waals surface area contributed by atoms with Gasteiger partial charge in [0.2, 0.25) is 5.82 Å². The van der Waals surface area contributed by atoms with Gasteiger partial charge in [0, 0.05) is 11.8 Å². The van der Waals surface area contributed by atoms with E-state index in [1.54, 1.807) is 0 Å². The summed E-state index contributed by atoms with van der Waals surface area (Å²) in [5.74, 6) is -1.44. The van der Waals surface area contributed by atoms with Gasteiger partial charge < -0.3 is 10.1 Å². The van der Waals surface area contributed by atoms with Crippen LogP contribution in [-0.4, -0.2) is 24.0 Å². The number of carbonyl (C=O) groups excluding carboxylic acids is 1. The third-order valence-electron chi connectivity index (χ3n) is 2.08. The van der Waals surface area contributed by atoms with Gasteiger partial charge in [-0.2, -0.15) is 4.39 Å². The van der Waals surface area contributed by atoms with Crippen LogP contribution in [0.25, 0.3) is 0 Å². The van der Waals surface area contributed by atoms with Crippen LogP contribution >= 0.6 is 0 Å². The molecule has 7 heteroatoms. The number of carbonyl (C=O) groups is 1. The summed E-state index contributed by atoms with van der Waals surface area (Å²) in [7, 11) is 1.23. The molecule has 0 radical (unpaired) electrons. The third kappa shape index (κ3) is 3.13. The van der Waals surface area contributed by atoms with Gasteiger partial charge in [-0.3, -0.25) is 10.1 Å². The summed E-state index contributed by atoms with van der Waals surface area (Å²) in [6.07, 6.45) is 0. The second-order valence-corrected chi connectivity index (χ2v) is 3.31. The zero-order valence-corrected chi connectivity index (χ0v) is 9.27. The molecule has 1 atom stereocenters. The number of nitrogens with zero attached hydrogens (tertiary/aromatic N) is 1. The molecular formula is C10H11FN2O4. The number of halogens is 1. The number of nitro benzene ring substituents is 1. The van der Waals surface area contributed by atoms with Crippen molar-refractivity contribution in [3.63, 3.8) is 0 Å². The number of ether oxygens (including phenoxy) is 1. The van der Waals surface area contributed by atoms with Crippen LogP contribution in [0.5, 0.6) is 0 Å². The minimum absolute atomic E-state index is 0.274. The molecule has 0 fully saturated rings. The predicted octanol–water partition coefficient (Wildman–Crippen LogP) is 1.71. The van der Waals surface area contributed by atoms with Gasteiger partial charge in [0.05, 0.1) is 12.0 Å². The molecule has 0 bridgehead atoms. The van der Waals surface area contributed by atoms with E-state index in [-0.39, 0.29) is 5.69 Å². The molecule has 0 saturated carbocycles. The molecule has 1 unspecified atom stereocenters. The van der Waals surface area contributed by atoms with E-state index in [9.17, 15) is 19.3 Å². The Labute approximate surface area is 96.5 Å². The summed E-state index contributed by atoms with van der Waals surface area (Å²) < 4.78 is 17.5. The van der Waals surface area contributed by atoms with E-state index in [0.29, 0.717) is 0 Å². The first-order chi connectivity index (χ1) is 7.95. The van der Waals surface area contributed by atoms with Crippen LogP contribution in [0.1, 0.15) is 6.92 Å². The van der Waals surface area contributed by atoms with Crippen LogP contribution in [0, 0.1) is 15.9 Å². The topological polar surface area (TPSA) is 81.5 Å². The molecular weight excluding hydrogens is 231 g/mol. The molecule has 0 aliphatic heterocycles. The maximum Gasteiger partial charge on any atom is 0.327 e. The van der Waals surface area contributed by atoms with Gasteiger partial charge in [0.15, 0.2) is 0 Å². The molecule has 1 aromatic rings. The van der Waals surface area contributed by atoms with Gasteiger partial charge in [-0.05, 0) is 19.1 Å². The number of benzene rings is 1. The van der Waals surface area contributed by atoms with E-state index < -0.39 is 28.4 Å². The minimum atomic E-state index is -0.925. The average Bonchev–Trinajstić information content (AvgIpc) is 2.30. The first-order valence-electron chi connectivity index (χ1n) is 4.74. The van der Waals surface area contributed by atoms with Crippen molar-refractivity contribution in [2.45, 2.75) is 13.0 Å². The molecule has 0 spiro atoms. The maximum atomic E-state index is 13.0. The predicted molar refractivity (Wildman–Crippen MR) is 58.2 cm³/mol. The molecule has 0 aliphatic rings. The Kier molecular flexibility index (Phi) is 3.97. The fourth-order valence-corrected chi connectivity index (χ4v) is 1.23. The lowest BCUT2D eigenvalue weighted by molar-refractivity contribution is -0.387. The Bertz CT molecular complexity index is 450. The number of nitrogens with one attached hydrogen (secondary N) is 1. The summed E-state index contributed by atoms with van der Waals surface area (Å²) in [4.78, 5) is 20.8. The lowest BCUT2D eigenvalue weighted by Gasteiger charge is -2.12. The second-order valence-electron chi connectivity index (χ2n) is 3.31. The lowest BCUT2D eigenvalue weighted by atomic mass is 10.2. The molecule has 0 amide bonds. The van der Waals surface area contributed by atoms with E-state index >= 15 is 0 Å². The van der Waals surface area contributed by atoms with Crippen molar-refractivity contribution in [1.29, 1.82) is 0 Å². The first kappa shape index (κ1) is 12.9. The SMILES string of the molecule is COC(=O)C(C)Nc1ccc(F)c([N+](=O)[O-])c1. The Balaban J connectivity index is 2.90. The van der Waals surface area contributed by atoms with Crippen molar-refractivity contribution in [2.24, 2.45) is 0 Å². The standard InChI is InChI=1S/C10H11FN2O4/c1-6(10(14)17-2)12-7-3-4-8(11)9(5-7)13(15)16/h3-6,12H,1-2H3. The normalized spacial score (nSPS) is 11.7. The largest absolute Gasteiger partial charge is 0.467 e. The Morgan fingerprint density at radius 1 is 1.59 bits per heavy atom. The van der Waals surface area contributed by atoms with Gasteiger partial charge >= 0.3 is 11.7 Å².